The minimum absolute atomic E-state index is 0.143. The predicted octanol–water partition coefficient (Wildman–Crippen LogP) is -0.999. The maximum absolute atomic E-state index is 8.64. The van der Waals surface area contributed by atoms with Crippen molar-refractivity contribution in [3.05, 3.63) is 0 Å². The molecule has 0 aliphatic rings. The molecule has 0 aliphatic heterocycles. The molecule has 0 aromatic heterocycles. The summed E-state index contributed by atoms with van der Waals surface area (Å²) in [6.07, 6.45) is -0.870. The zero-order valence-corrected chi connectivity index (χ0v) is 6.28. The van der Waals surface area contributed by atoms with Crippen LogP contribution >= 0.6 is 0 Å². The van der Waals surface area contributed by atoms with E-state index in [1.54, 1.807) is 0 Å². The van der Waals surface area contributed by atoms with Crippen molar-refractivity contribution in [1.29, 1.82) is 0 Å². The molecule has 0 spiro atoms. The van der Waals surface area contributed by atoms with Gasteiger partial charge >= 0.3 is 0 Å². The molecule has 10 heavy (non-hydrogen) atoms. The first-order chi connectivity index (χ1) is 4.79. The van der Waals surface area contributed by atoms with Crippen molar-refractivity contribution >= 4 is 0 Å². The number of hydrogen-bond acceptors (Lipinski definition) is 4. The van der Waals surface area contributed by atoms with Crippen molar-refractivity contribution in [3.63, 3.8) is 0 Å². The Morgan fingerprint density at radius 2 is 1.30 bits per heavy atom. The smallest absolute Gasteiger partial charge is 0.108 e. The van der Waals surface area contributed by atoms with Crippen LogP contribution in [0.4, 0.5) is 0 Å². The van der Waals surface area contributed by atoms with Crippen LogP contribution in [0.2, 0.25) is 0 Å². The van der Waals surface area contributed by atoms with E-state index in [4.69, 9.17) is 19.7 Å². The fourth-order valence-electron chi connectivity index (χ4n) is 0.688. The third kappa shape index (κ3) is 2.62. The number of aliphatic hydroxyl groups excluding tert-OH is 2. The zero-order chi connectivity index (χ0) is 7.98. The van der Waals surface area contributed by atoms with Crippen LogP contribution in [0.15, 0.2) is 0 Å². The van der Waals surface area contributed by atoms with Crippen LogP contribution in [-0.4, -0.2) is 49.9 Å². The van der Waals surface area contributed by atoms with Gasteiger partial charge in [-0.15, -0.1) is 0 Å². The average Bonchev–Trinajstić information content (AvgIpc) is 2.00. The molecular weight excluding hydrogens is 136 g/mol. The van der Waals surface area contributed by atoms with Gasteiger partial charge in [0, 0.05) is 14.2 Å². The second-order valence-corrected chi connectivity index (χ2v) is 1.91. The van der Waals surface area contributed by atoms with Gasteiger partial charge in [-0.3, -0.25) is 0 Å². The Hall–Kier alpha value is -0.160. The van der Waals surface area contributed by atoms with E-state index in [1.165, 1.54) is 14.2 Å². The van der Waals surface area contributed by atoms with Gasteiger partial charge in [-0.2, -0.15) is 0 Å². The highest BCUT2D eigenvalue weighted by Gasteiger charge is 2.18. The van der Waals surface area contributed by atoms with Crippen LogP contribution in [0.25, 0.3) is 0 Å². The molecule has 0 amide bonds. The molecular formula is C6H14O4. The van der Waals surface area contributed by atoms with Gasteiger partial charge in [-0.05, 0) is 0 Å². The second-order valence-electron chi connectivity index (χ2n) is 1.91. The molecule has 0 radical (unpaired) electrons. The number of ether oxygens (including phenoxy) is 2. The van der Waals surface area contributed by atoms with E-state index in [9.17, 15) is 0 Å². The van der Waals surface area contributed by atoms with Crippen molar-refractivity contribution in [2.75, 3.05) is 27.4 Å². The summed E-state index contributed by atoms with van der Waals surface area (Å²) in [4.78, 5) is 0. The minimum Gasteiger partial charge on any atom is -0.394 e. The quantitative estimate of drug-likeness (QED) is 0.528. The Morgan fingerprint density at radius 3 is 1.40 bits per heavy atom. The third-order valence-corrected chi connectivity index (χ3v) is 1.38. The molecule has 0 saturated carbocycles. The van der Waals surface area contributed by atoms with E-state index < -0.39 is 12.2 Å². The van der Waals surface area contributed by atoms with E-state index in [2.05, 4.69) is 0 Å². The molecule has 0 unspecified atom stereocenters. The summed E-state index contributed by atoms with van der Waals surface area (Å²) >= 11 is 0. The second kappa shape index (κ2) is 5.61. The van der Waals surface area contributed by atoms with Gasteiger partial charge in [0.2, 0.25) is 0 Å². The van der Waals surface area contributed by atoms with Crippen molar-refractivity contribution in [2.24, 2.45) is 0 Å². The fraction of sp³-hybridized carbons (Fsp3) is 1.00. The minimum atomic E-state index is -0.435. The summed E-state index contributed by atoms with van der Waals surface area (Å²) in [6, 6.07) is 0. The molecule has 4 nitrogen and oxygen atoms in total. The Balaban J connectivity index is 3.70. The zero-order valence-electron chi connectivity index (χ0n) is 6.28. The number of hydrogen-bond donors (Lipinski definition) is 2. The summed E-state index contributed by atoms with van der Waals surface area (Å²) in [5.74, 6) is 0. The Labute approximate surface area is 60.4 Å². The molecule has 0 bridgehead atoms. The van der Waals surface area contributed by atoms with Crippen LogP contribution in [0, 0.1) is 0 Å². The van der Waals surface area contributed by atoms with E-state index in [0.717, 1.165) is 0 Å². The Morgan fingerprint density at radius 1 is 1.00 bits per heavy atom. The lowest BCUT2D eigenvalue weighted by molar-refractivity contribution is -0.0790. The molecule has 2 N–H and O–H groups in total. The molecule has 2 atom stereocenters. The van der Waals surface area contributed by atoms with E-state index in [1.807, 2.05) is 0 Å². The average molecular weight is 150 g/mol. The van der Waals surface area contributed by atoms with Gasteiger partial charge in [0.25, 0.3) is 0 Å². The van der Waals surface area contributed by atoms with Crippen LogP contribution < -0.4 is 0 Å². The predicted molar refractivity (Wildman–Crippen MR) is 35.8 cm³/mol. The lowest BCUT2D eigenvalue weighted by Gasteiger charge is -2.20. The molecule has 0 aliphatic carbocycles. The van der Waals surface area contributed by atoms with Gasteiger partial charge in [-0.25, -0.2) is 0 Å². The van der Waals surface area contributed by atoms with Gasteiger partial charge in [0.05, 0.1) is 13.2 Å². The molecule has 4 heteroatoms. The van der Waals surface area contributed by atoms with Gasteiger partial charge in [0.15, 0.2) is 0 Å². The lowest BCUT2D eigenvalue weighted by atomic mass is 10.2. The van der Waals surface area contributed by atoms with Crippen molar-refractivity contribution in [1.82, 2.24) is 0 Å². The summed E-state index contributed by atoms with van der Waals surface area (Å²) < 4.78 is 9.62. The number of methoxy groups -OCH3 is 2. The van der Waals surface area contributed by atoms with Crippen LogP contribution in [0.1, 0.15) is 0 Å². The van der Waals surface area contributed by atoms with Crippen LogP contribution in [0.3, 0.4) is 0 Å². The van der Waals surface area contributed by atoms with Gasteiger partial charge in [0.1, 0.15) is 12.2 Å². The first kappa shape index (κ1) is 9.84. The Kier molecular flexibility index (Phi) is 5.52. The number of aliphatic hydroxyl groups is 2. The third-order valence-electron chi connectivity index (χ3n) is 1.38. The highest BCUT2D eigenvalue weighted by molar-refractivity contribution is 4.67. The largest absolute Gasteiger partial charge is 0.394 e. The normalized spacial score (nSPS) is 16.8. The van der Waals surface area contributed by atoms with E-state index in [0.29, 0.717) is 0 Å². The maximum Gasteiger partial charge on any atom is 0.108 e. The summed E-state index contributed by atoms with van der Waals surface area (Å²) in [7, 11) is 2.92. The van der Waals surface area contributed by atoms with Gasteiger partial charge < -0.3 is 19.7 Å². The number of rotatable bonds is 5. The van der Waals surface area contributed by atoms with Gasteiger partial charge in [-0.1, -0.05) is 0 Å². The van der Waals surface area contributed by atoms with Crippen LogP contribution in [-0.2, 0) is 9.47 Å². The lowest BCUT2D eigenvalue weighted by Crippen LogP contribution is -2.35. The first-order valence-corrected chi connectivity index (χ1v) is 3.07. The highest BCUT2D eigenvalue weighted by Crippen LogP contribution is 1.99. The molecule has 0 heterocycles. The van der Waals surface area contributed by atoms with Crippen molar-refractivity contribution in [3.8, 4) is 0 Å². The van der Waals surface area contributed by atoms with E-state index in [-0.39, 0.29) is 13.2 Å². The Bertz CT molecular complexity index is 58.1. The fourth-order valence-corrected chi connectivity index (χ4v) is 0.688. The molecule has 0 rings (SSSR count). The van der Waals surface area contributed by atoms with Crippen molar-refractivity contribution < 1.29 is 19.7 Å². The van der Waals surface area contributed by atoms with Crippen LogP contribution in [0.5, 0.6) is 0 Å². The SMILES string of the molecule is CO[C@@H](CO)[C@H](CO)OC. The highest BCUT2D eigenvalue weighted by atomic mass is 16.5. The molecule has 0 fully saturated rings. The summed E-state index contributed by atoms with van der Waals surface area (Å²) in [5, 5.41) is 17.3. The molecule has 62 valence electrons. The molecule has 0 aromatic rings. The molecule has 0 saturated heterocycles. The summed E-state index contributed by atoms with van der Waals surface area (Å²) in [6.45, 7) is -0.287. The first-order valence-electron chi connectivity index (χ1n) is 3.07. The van der Waals surface area contributed by atoms with Crippen molar-refractivity contribution in [2.45, 2.75) is 12.2 Å². The molecule has 0 aromatic carbocycles. The van der Waals surface area contributed by atoms with E-state index >= 15 is 0 Å². The summed E-state index contributed by atoms with van der Waals surface area (Å²) in [5.41, 5.74) is 0. The monoisotopic (exact) mass is 150 g/mol. The topological polar surface area (TPSA) is 58.9 Å². The standard InChI is InChI=1S/C6H14O4/c1-9-5(3-7)6(4-8)10-2/h5-8H,3-4H2,1-2H3/t5-,6-/m0/s1. The maximum atomic E-state index is 8.64.